The number of nitrogens with zero attached hydrogens (tertiary/aromatic N) is 2. The Bertz CT molecular complexity index is 1940. The van der Waals surface area contributed by atoms with E-state index < -0.39 is 75.3 Å². The highest BCUT2D eigenvalue weighted by atomic mass is 35.5. The van der Waals surface area contributed by atoms with Crippen molar-refractivity contribution in [3.63, 3.8) is 0 Å². The Kier molecular flexibility index (Phi) is 8.03. The Hall–Kier alpha value is -4.74. The number of hydrogen-bond donors (Lipinski definition) is 2. The molecular formula is C36H29Cl2FN2O8. The largest absolute Gasteiger partial charge is 0.508 e. The van der Waals surface area contributed by atoms with Crippen LogP contribution >= 0.6 is 23.2 Å². The van der Waals surface area contributed by atoms with Gasteiger partial charge in [0.1, 0.15) is 23.9 Å². The average Bonchev–Trinajstić information content (AvgIpc) is 3.41. The SMILES string of the molecule is O=C(O)CCN1C(=O)C2CC=C3C(CC4(Cl)C(=O)N(c5ccc(F)cc5)C(=O)C4(Cl)C3c3ccc(OCc4ccccc4)cc3O)C2C1=O. The van der Waals surface area contributed by atoms with Crippen LogP contribution in [0.25, 0.3) is 0 Å². The summed E-state index contributed by atoms with van der Waals surface area (Å²) in [7, 11) is 0. The molecule has 0 aromatic heterocycles. The maximum absolute atomic E-state index is 14.5. The van der Waals surface area contributed by atoms with Gasteiger partial charge in [0.2, 0.25) is 11.8 Å². The first kappa shape index (κ1) is 32.8. The highest BCUT2D eigenvalue weighted by Crippen LogP contribution is 2.66. The number of likely N-dealkylation sites (tertiary alicyclic amines) is 1. The van der Waals surface area contributed by atoms with E-state index in [1.807, 2.05) is 30.3 Å². The molecule has 3 aromatic carbocycles. The number of rotatable bonds is 8. The fourth-order valence-electron chi connectivity index (χ4n) is 7.84. The van der Waals surface area contributed by atoms with Crippen molar-refractivity contribution in [1.82, 2.24) is 4.90 Å². The molecule has 49 heavy (non-hydrogen) atoms. The molecule has 10 nitrogen and oxygen atoms in total. The summed E-state index contributed by atoms with van der Waals surface area (Å²) in [6.07, 6.45) is 1.03. The molecule has 3 aromatic rings. The van der Waals surface area contributed by atoms with Gasteiger partial charge in [0, 0.05) is 24.1 Å². The Balaban J connectivity index is 1.33. The minimum absolute atomic E-state index is 0.0280. The summed E-state index contributed by atoms with van der Waals surface area (Å²) in [5, 5.41) is 20.7. The van der Waals surface area contributed by atoms with Crippen LogP contribution in [0, 0.1) is 23.6 Å². The summed E-state index contributed by atoms with van der Waals surface area (Å²) in [4.78, 5) is 64.7. The number of carbonyl (C=O) groups excluding carboxylic acids is 4. The Labute approximate surface area is 289 Å². The van der Waals surface area contributed by atoms with Crippen LogP contribution in [-0.2, 0) is 30.6 Å². The van der Waals surface area contributed by atoms with Gasteiger partial charge in [0.05, 0.1) is 23.9 Å². The van der Waals surface area contributed by atoms with Gasteiger partial charge in [-0.1, -0.05) is 48.0 Å². The molecule has 2 aliphatic heterocycles. The monoisotopic (exact) mass is 706 g/mol. The second kappa shape index (κ2) is 12.0. The van der Waals surface area contributed by atoms with E-state index in [9.17, 15) is 38.6 Å². The minimum Gasteiger partial charge on any atom is -0.508 e. The fraction of sp³-hybridized carbons (Fsp3) is 0.306. The van der Waals surface area contributed by atoms with Crippen molar-refractivity contribution in [2.45, 2.75) is 41.5 Å². The van der Waals surface area contributed by atoms with E-state index in [1.54, 1.807) is 12.1 Å². The molecule has 2 N–H and O–H groups in total. The number of benzene rings is 3. The van der Waals surface area contributed by atoms with Crippen molar-refractivity contribution in [2.24, 2.45) is 17.8 Å². The van der Waals surface area contributed by atoms with E-state index in [-0.39, 0.29) is 43.0 Å². The van der Waals surface area contributed by atoms with Crippen LogP contribution < -0.4 is 9.64 Å². The highest BCUT2D eigenvalue weighted by Gasteiger charge is 2.76. The fourth-order valence-corrected chi connectivity index (χ4v) is 8.76. The molecule has 3 fully saturated rings. The predicted molar refractivity (Wildman–Crippen MR) is 174 cm³/mol. The molecular weight excluding hydrogens is 678 g/mol. The number of allylic oxidation sites excluding steroid dienone is 2. The number of aliphatic carboxylic acids is 1. The second-order valence-corrected chi connectivity index (χ2v) is 14.0. The lowest BCUT2D eigenvalue weighted by Crippen LogP contribution is -2.60. The van der Waals surface area contributed by atoms with Gasteiger partial charge in [-0.05, 0) is 54.7 Å². The average molecular weight is 708 g/mol. The number of amides is 4. The highest BCUT2D eigenvalue weighted by molar-refractivity contribution is 6.58. The van der Waals surface area contributed by atoms with Crippen LogP contribution in [0.5, 0.6) is 11.5 Å². The number of fused-ring (bicyclic) bond motifs is 4. The molecule has 0 radical (unpaired) electrons. The van der Waals surface area contributed by atoms with Crippen LogP contribution in [0.4, 0.5) is 10.1 Å². The first-order valence-corrected chi connectivity index (χ1v) is 16.4. The van der Waals surface area contributed by atoms with E-state index in [1.165, 1.54) is 24.3 Å². The van der Waals surface area contributed by atoms with Gasteiger partial charge < -0.3 is 14.9 Å². The van der Waals surface area contributed by atoms with Crippen LogP contribution in [0.2, 0.25) is 0 Å². The molecule has 4 aliphatic rings. The molecule has 2 saturated heterocycles. The maximum Gasteiger partial charge on any atom is 0.305 e. The van der Waals surface area contributed by atoms with Crippen LogP contribution in [0.15, 0.2) is 84.4 Å². The van der Waals surface area contributed by atoms with E-state index in [0.717, 1.165) is 27.5 Å². The van der Waals surface area contributed by atoms with E-state index in [0.29, 0.717) is 11.3 Å². The van der Waals surface area contributed by atoms with Crippen molar-refractivity contribution in [1.29, 1.82) is 0 Å². The zero-order chi connectivity index (χ0) is 34.8. The maximum atomic E-state index is 14.5. The third-order valence-corrected chi connectivity index (χ3v) is 11.5. The number of ether oxygens (including phenoxy) is 1. The second-order valence-electron chi connectivity index (χ2n) is 12.7. The number of anilines is 1. The van der Waals surface area contributed by atoms with Gasteiger partial charge in [-0.25, -0.2) is 9.29 Å². The number of imide groups is 2. The van der Waals surface area contributed by atoms with Crippen molar-refractivity contribution >= 4 is 58.5 Å². The summed E-state index contributed by atoms with van der Waals surface area (Å²) in [6, 6.07) is 18.5. The number of hydrogen-bond acceptors (Lipinski definition) is 7. The topological polar surface area (TPSA) is 142 Å². The lowest BCUT2D eigenvalue weighted by atomic mass is 9.56. The third-order valence-electron chi connectivity index (χ3n) is 10.1. The minimum atomic E-state index is -2.23. The zero-order valence-electron chi connectivity index (χ0n) is 25.7. The van der Waals surface area contributed by atoms with E-state index >= 15 is 0 Å². The molecule has 13 heteroatoms. The molecule has 2 aliphatic carbocycles. The number of halogens is 3. The molecule has 252 valence electrons. The normalized spacial score (nSPS) is 29.0. The molecule has 0 spiro atoms. The van der Waals surface area contributed by atoms with Gasteiger partial charge in [-0.2, -0.15) is 0 Å². The summed E-state index contributed by atoms with van der Waals surface area (Å²) >= 11 is 14.7. The molecule has 6 unspecified atom stereocenters. The number of carboxylic acids is 1. The van der Waals surface area contributed by atoms with Crippen molar-refractivity contribution in [3.05, 3.63) is 101 Å². The molecule has 7 rings (SSSR count). The summed E-state index contributed by atoms with van der Waals surface area (Å²) in [6.45, 7) is -0.115. The van der Waals surface area contributed by atoms with Gasteiger partial charge >= 0.3 is 5.97 Å². The smallest absolute Gasteiger partial charge is 0.305 e. The number of aromatic hydroxyl groups is 1. The molecule has 6 atom stereocenters. The Morgan fingerprint density at radius 3 is 2.33 bits per heavy atom. The van der Waals surface area contributed by atoms with E-state index in [2.05, 4.69) is 0 Å². The molecule has 1 saturated carbocycles. The molecule has 0 bridgehead atoms. The third kappa shape index (κ3) is 5.01. The summed E-state index contributed by atoms with van der Waals surface area (Å²) < 4.78 is 19.8. The van der Waals surface area contributed by atoms with Crippen molar-refractivity contribution < 1.29 is 43.3 Å². The van der Waals surface area contributed by atoms with Crippen LogP contribution in [0.3, 0.4) is 0 Å². The quantitative estimate of drug-likeness (QED) is 0.186. The summed E-state index contributed by atoms with van der Waals surface area (Å²) in [5.41, 5.74) is 1.51. The molecule has 4 amide bonds. The van der Waals surface area contributed by atoms with Gasteiger partial charge in [0.15, 0.2) is 9.75 Å². The first-order chi connectivity index (χ1) is 23.4. The lowest BCUT2D eigenvalue weighted by molar-refractivity contribution is -0.142. The molecule has 2 heterocycles. The number of alkyl halides is 2. The lowest BCUT2D eigenvalue weighted by Gasteiger charge is -2.50. The van der Waals surface area contributed by atoms with E-state index in [4.69, 9.17) is 27.9 Å². The standard InChI is InChI=1S/C36H29Cl2FN2O8/c37-35-17-26-23(12-13-25-29(26)32(46)40(31(25)45)15-14-28(43)44)30(24-11-10-22(16-27(24)42)49-18-19-4-2-1-3-5-19)36(35,38)34(48)41(33(35)47)21-8-6-20(39)7-9-21/h1-12,16,25-26,29-30,42H,13-15,17-18H2,(H,43,44). The first-order valence-electron chi connectivity index (χ1n) is 15.7. The number of carboxylic acid groups (broad SMARTS) is 1. The van der Waals surface area contributed by atoms with Gasteiger partial charge in [0.25, 0.3) is 11.8 Å². The predicted octanol–water partition coefficient (Wildman–Crippen LogP) is 5.15. The summed E-state index contributed by atoms with van der Waals surface area (Å²) in [5.74, 6) is -8.70. The van der Waals surface area contributed by atoms with Gasteiger partial charge in [-0.3, -0.25) is 28.9 Å². The Morgan fingerprint density at radius 1 is 0.939 bits per heavy atom. The van der Waals surface area contributed by atoms with Crippen molar-refractivity contribution in [3.8, 4) is 11.5 Å². The Morgan fingerprint density at radius 2 is 1.65 bits per heavy atom. The zero-order valence-corrected chi connectivity index (χ0v) is 27.2. The van der Waals surface area contributed by atoms with Crippen LogP contribution in [0.1, 0.15) is 36.3 Å². The van der Waals surface area contributed by atoms with Crippen molar-refractivity contribution in [2.75, 3.05) is 11.4 Å². The van der Waals surface area contributed by atoms with Crippen LogP contribution in [-0.4, -0.2) is 61.0 Å². The number of carbonyl (C=O) groups is 5. The van der Waals surface area contributed by atoms with Gasteiger partial charge in [-0.15, -0.1) is 23.2 Å². The number of phenols is 1. The number of phenolic OH excluding ortho intramolecular Hbond substituents is 1.